The van der Waals surface area contributed by atoms with Gasteiger partial charge in [-0.2, -0.15) is 0 Å². The van der Waals surface area contributed by atoms with Gasteiger partial charge in [0.1, 0.15) is 17.9 Å². The number of carbonyl (C=O) groups is 1. The maximum atomic E-state index is 12.3. The Hall–Kier alpha value is -2.53. The number of ether oxygens (including phenoxy) is 2. The molecule has 0 spiro atoms. The Kier molecular flexibility index (Phi) is 3.86. The molecule has 0 bridgehead atoms. The molecular weight excluding hydrogens is 330 g/mol. The number of para-hydroxylation sites is 2. The van der Waals surface area contributed by atoms with Gasteiger partial charge < -0.3 is 13.9 Å². The molecule has 1 aliphatic rings. The van der Waals surface area contributed by atoms with Crippen LogP contribution in [0.15, 0.2) is 46.9 Å². The Morgan fingerprint density at radius 3 is 3.04 bits per heavy atom. The number of hydrogen-bond donors (Lipinski definition) is 0. The summed E-state index contributed by atoms with van der Waals surface area (Å²) < 4.78 is 16.5. The van der Waals surface area contributed by atoms with E-state index in [0.717, 1.165) is 16.8 Å². The van der Waals surface area contributed by atoms with Gasteiger partial charge >= 0.3 is 5.97 Å². The molecule has 122 valence electrons. The minimum atomic E-state index is -0.361. The van der Waals surface area contributed by atoms with Crippen molar-refractivity contribution in [3.63, 3.8) is 0 Å². The van der Waals surface area contributed by atoms with E-state index in [1.54, 1.807) is 6.07 Å². The molecule has 0 amide bonds. The second kappa shape index (κ2) is 6.17. The smallest absolute Gasteiger partial charge is 0.313 e. The average Bonchev–Trinajstić information content (AvgIpc) is 3.02. The summed E-state index contributed by atoms with van der Waals surface area (Å²) in [6.45, 7) is 0.299. The topological polar surface area (TPSA) is 61.6 Å². The maximum Gasteiger partial charge on any atom is 0.313 e. The first-order valence-corrected chi connectivity index (χ1v) is 7.99. The van der Waals surface area contributed by atoms with Crippen molar-refractivity contribution in [3.8, 4) is 5.75 Å². The lowest BCUT2D eigenvalue weighted by Gasteiger charge is -2.23. The molecule has 24 heavy (non-hydrogen) atoms. The second-order valence-corrected chi connectivity index (χ2v) is 6.08. The number of hydrogen-bond acceptors (Lipinski definition) is 5. The maximum absolute atomic E-state index is 12.3. The summed E-state index contributed by atoms with van der Waals surface area (Å²) in [5, 5.41) is 0.623. The highest BCUT2D eigenvalue weighted by Gasteiger charge is 2.27. The highest BCUT2D eigenvalue weighted by atomic mass is 35.5. The van der Waals surface area contributed by atoms with Crippen molar-refractivity contribution in [2.45, 2.75) is 13.0 Å². The van der Waals surface area contributed by atoms with Crippen molar-refractivity contribution in [2.24, 2.45) is 5.92 Å². The largest absolute Gasteiger partial charge is 0.492 e. The van der Waals surface area contributed by atoms with Gasteiger partial charge in [0, 0.05) is 5.02 Å². The van der Waals surface area contributed by atoms with E-state index in [0.29, 0.717) is 29.5 Å². The lowest BCUT2D eigenvalue weighted by Crippen LogP contribution is -2.29. The van der Waals surface area contributed by atoms with E-state index in [4.69, 9.17) is 25.5 Å². The number of carbonyl (C=O) groups excluding carboxylic acids is 1. The fourth-order valence-electron chi connectivity index (χ4n) is 2.75. The zero-order valence-electron chi connectivity index (χ0n) is 12.7. The van der Waals surface area contributed by atoms with E-state index >= 15 is 0 Å². The molecule has 1 aromatic heterocycles. The Bertz CT molecular complexity index is 872. The van der Waals surface area contributed by atoms with Crippen LogP contribution in [-0.2, 0) is 22.6 Å². The van der Waals surface area contributed by atoms with Crippen LogP contribution in [0.25, 0.3) is 11.1 Å². The van der Waals surface area contributed by atoms with Crippen LogP contribution in [0.2, 0.25) is 5.02 Å². The van der Waals surface area contributed by atoms with Crippen LogP contribution in [0.5, 0.6) is 5.75 Å². The number of esters is 1. The minimum Gasteiger partial charge on any atom is -0.492 e. The molecule has 6 heteroatoms. The third-order valence-corrected chi connectivity index (χ3v) is 4.17. The average molecular weight is 344 g/mol. The summed E-state index contributed by atoms with van der Waals surface area (Å²) in [6.07, 6.45) is 0.544. The van der Waals surface area contributed by atoms with E-state index in [9.17, 15) is 4.79 Å². The van der Waals surface area contributed by atoms with Gasteiger partial charge in [0.25, 0.3) is 0 Å². The zero-order valence-corrected chi connectivity index (χ0v) is 13.5. The van der Waals surface area contributed by atoms with Gasteiger partial charge in [0.15, 0.2) is 12.2 Å². The van der Waals surface area contributed by atoms with E-state index in [-0.39, 0.29) is 18.5 Å². The molecule has 2 aromatic carbocycles. The van der Waals surface area contributed by atoms with Crippen LogP contribution in [-0.4, -0.2) is 17.6 Å². The van der Waals surface area contributed by atoms with Gasteiger partial charge in [-0.3, -0.25) is 4.79 Å². The fourth-order valence-corrected chi connectivity index (χ4v) is 2.94. The van der Waals surface area contributed by atoms with Crippen LogP contribution < -0.4 is 4.74 Å². The van der Waals surface area contributed by atoms with E-state index in [1.165, 1.54) is 0 Å². The fraction of sp³-hybridized carbons (Fsp3) is 0.222. The van der Waals surface area contributed by atoms with Crippen LogP contribution in [0.3, 0.4) is 0 Å². The molecule has 0 N–H and O–H groups in total. The second-order valence-electron chi connectivity index (χ2n) is 5.65. The van der Waals surface area contributed by atoms with Gasteiger partial charge in [-0.15, -0.1) is 0 Å². The quantitative estimate of drug-likeness (QED) is 0.677. The summed E-state index contributed by atoms with van der Waals surface area (Å²) in [4.78, 5) is 16.6. The van der Waals surface area contributed by atoms with Crippen molar-refractivity contribution in [1.82, 2.24) is 4.98 Å². The van der Waals surface area contributed by atoms with Crippen molar-refractivity contribution >= 4 is 28.7 Å². The van der Waals surface area contributed by atoms with Gasteiger partial charge in [0.05, 0.1) is 5.92 Å². The van der Waals surface area contributed by atoms with E-state index in [2.05, 4.69) is 4.98 Å². The van der Waals surface area contributed by atoms with Crippen LogP contribution in [0, 0.1) is 5.92 Å². The molecule has 2 heterocycles. The number of oxazole rings is 1. The molecule has 0 fully saturated rings. The summed E-state index contributed by atoms with van der Waals surface area (Å²) in [5.74, 6) is 0.454. The van der Waals surface area contributed by atoms with E-state index < -0.39 is 0 Å². The molecule has 5 nitrogen and oxygen atoms in total. The van der Waals surface area contributed by atoms with Crippen molar-refractivity contribution < 1.29 is 18.7 Å². The lowest BCUT2D eigenvalue weighted by atomic mass is 9.97. The molecule has 1 atom stereocenters. The first kappa shape index (κ1) is 15.0. The number of rotatable bonds is 3. The molecule has 3 aromatic rings. The number of fused-ring (bicyclic) bond motifs is 2. The van der Waals surface area contributed by atoms with Crippen molar-refractivity contribution in [3.05, 3.63) is 58.9 Å². The SMILES string of the molecule is O=C(OCc1nc2ccccc2o1)[C@H]1COc2ccc(Cl)cc2C1. The predicted octanol–water partition coefficient (Wildman–Crippen LogP) is 3.78. The van der Waals surface area contributed by atoms with Gasteiger partial charge in [-0.05, 0) is 42.3 Å². The van der Waals surface area contributed by atoms with Crippen LogP contribution in [0.1, 0.15) is 11.5 Å². The van der Waals surface area contributed by atoms with Crippen molar-refractivity contribution in [2.75, 3.05) is 6.61 Å². The number of nitrogens with zero attached hydrogens (tertiary/aromatic N) is 1. The standard InChI is InChI=1S/C18H14ClNO4/c19-13-5-6-15-11(8-13)7-12(9-22-15)18(21)23-10-17-20-14-3-1-2-4-16(14)24-17/h1-6,8,12H,7,9-10H2/t12-/m1/s1. The molecule has 0 aliphatic carbocycles. The monoisotopic (exact) mass is 343 g/mol. The number of benzene rings is 2. The Balaban J connectivity index is 1.41. The van der Waals surface area contributed by atoms with E-state index in [1.807, 2.05) is 36.4 Å². The highest BCUT2D eigenvalue weighted by molar-refractivity contribution is 6.30. The predicted molar refractivity (Wildman–Crippen MR) is 87.9 cm³/mol. The summed E-state index contributed by atoms with van der Waals surface area (Å²) in [6, 6.07) is 12.8. The third kappa shape index (κ3) is 2.95. The summed E-state index contributed by atoms with van der Waals surface area (Å²) in [7, 11) is 0. The molecule has 1 aliphatic heterocycles. The zero-order chi connectivity index (χ0) is 16.5. The molecule has 0 saturated heterocycles. The summed E-state index contributed by atoms with van der Waals surface area (Å²) >= 11 is 5.99. The first-order valence-electron chi connectivity index (χ1n) is 7.61. The van der Waals surface area contributed by atoms with Gasteiger partial charge in [-0.25, -0.2) is 4.98 Å². The molecule has 0 unspecified atom stereocenters. The molecule has 0 saturated carbocycles. The lowest BCUT2D eigenvalue weighted by molar-refractivity contribution is -0.152. The van der Waals surface area contributed by atoms with Gasteiger partial charge in [0.2, 0.25) is 5.89 Å². The molecule has 0 radical (unpaired) electrons. The number of aromatic nitrogens is 1. The Morgan fingerprint density at radius 1 is 1.29 bits per heavy atom. The van der Waals surface area contributed by atoms with Crippen LogP contribution >= 0.6 is 11.6 Å². The third-order valence-electron chi connectivity index (χ3n) is 3.94. The highest BCUT2D eigenvalue weighted by Crippen LogP contribution is 2.30. The van der Waals surface area contributed by atoms with Crippen molar-refractivity contribution in [1.29, 1.82) is 0 Å². The first-order chi connectivity index (χ1) is 11.7. The summed E-state index contributed by atoms with van der Waals surface area (Å²) in [5.41, 5.74) is 2.33. The Morgan fingerprint density at radius 2 is 2.17 bits per heavy atom. The van der Waals surface area contributed by atoms with Crippen LogP contribution in [0.4, 0.5) is 0 Å². The van der Waals surface area contributed by atoms with Gasteiger partial charge in [-0.1, -0.05) is 23.7 Å². The molecule has 4 rings (SSSR count). The normalized spacial score (nSPS) is 16.5. The molecular formula is C18H14ClNO4. The Labute approximate surface area is 143 Å². The number of halogens is 1. The minimum absolute atomic E-state index is 0.00637.